The van der Waals surface area contributed by atoms with Crippen LogP contribution in [0.2, 0.25) is 0 Å². The zero-order chi connectivity index (χ0) is 26.1. The van der Waals surface area contributed by atoms with E-state index in [9.17, 15) is 18.8 Å². The number of imidazole rings is 1. The van der Waals surface area contributed by atoms with Crippen LogP contribution in [0.1, 0.15) is 44.8 Å². The van der Waals surface area contributed by atoms with Crippen LogP contribution in [0.15, 0.2) is 44.4 Å². The predicted octanol–water partition coefficient (Wildman–Crippen LogP) is 2.76. The van der Waals surface area contributed by atoms with Gasteiger partial charge in [-0.3, -0.25) is 18.7 Å². The van der Waals surface area contributed by atoms with Crippen LogP contribution in [0.25, 0.3) is 22.7 Å². The number of H-pyrrole nitrogens is 1. The van der Waals surface area contributed by atoms with E-state index in [1.807, 2.05) is 13.8 Å². The maximum atomic E-state index is 13.5. The number of benzene rings is 1. The van der Waals surface area contributed by atoms with Gasteiger partial charge >= 0.3 is 5.69 Å². The molecule has 1 fully saturated rings. The highest BCUT2D eigenvalue weighted by Crippen LogP contribution is 2.33. The number of aromatic nitrogens is 5. The molecule has 37 heavy (non-hydrogen) atoms. The number of fused-ring (bicyclic) bond motifs is 1. The molecule has 2 atom stereocenters. The molecule has 5 rings (SSSR count). The Hall–Kier alpha value is -4.22. The number of aryl methyl sites for hydroxylation is 1. The highest BCUT2D eigenvalue weighted by Gasteiger charge is 2.33. The van der Waals surface area contributed by atoms with Gasteiger partial charge in [-0.1, -0.05) is 26.0 Å². The van der Waals surface area contributed by atoms with Gasteiger partial charge in [0.15, 0.2) is 17.0 Å². The average molecular weight is 511 g/mol. The molecule has 3 aromatic heterocycles. The smallest absolute Gasteiger partial charge is 0.332 e. The summed E-state index contributed by atoms with van der Waals surface area (Å²) in [4.78, 5) is 45.2. The molecule has 0 spiro atoms. The van der Waals surface area contributed by atoms with Crippen molar-refractivity contribution in [3.05, 3.63) is 62.6 Å². The van der Waals surface area contributed by atoms with Gasteiger partial charge in [-0.25, -0.2) is 14.2 Å². The van der Waals surface area contributed by atoms with Gasteiger partial charge in [0.1, 0.15) is 11.9 Å². The van der Waals surface area contributed by atoms with Crippen molar-refractivity contribution >= 4 is 17.1 Å². The molecule has 1 aliphatic heterocycles. The van der Waals surface area contributed by atoms with Crippen molar-refractivity contribution in [3.63, 3.8) is 0 Å². The number of nitrogens with zero attached hydrogens (tertiary/aromatic N) is 4. The van der Waals surface area contributed by atoms with Gasteiger partial charge in [0, 0.05) is 32.0 Å². The highest BCUT2D eigenvalue weighted by molar-refractivity contribution is 5.78. The van der Waals surface area contributed by atoms with Gasteiger partial charge in [-0.2, -0.15) is 0 Å². The van der Waals surface area contributed by atoms with Crippen molar-refractivity contribution in [2.75, 3.05) is 6.54 Å². The summed E-state index contributed by atoms with van der Waals surface area (Å²) in [6.07, 6.45) is 0.998. The molecule has 0 aliphatic carbocycles. The van der Waals surface area contributed by atoms with E-state index >= 15 is 0 Å². The van der Waals surface area contributed by atoms with E-state index in [1.54, 1.807) is 12.1 Å². The maximum Gasteiger partial charge on any atom is 0.332 e. The number of aromatic amines is 1. The van der Waals surface area contributed by atoms with E-state index in [-0.39, 0.29) is 52.7 Å². The Kier molecular flexibility index (Phi) is 6.64. The van der Waals surface area contributed by atoms with Crippen molar-refractivity contribution in [3.8, 4) is 17.5 Å². The van der Waals surface area contributed by atoms with Crippen LogP contribution in [-0.4, -0.2) is 36.7 Å². The summed E-state index contributed by atoms with van der Waals surface area (Å²) in [5.74, 6) is -0.0825. The minimum absolute atomic E-state index is 0.0873. The summed E-state index contributed by atoms with van der Waals surface area (Å²) >= 11 is 0. The average Bonchev–Trinajstić information content (AvgIpc) is 3.63. The number of hydrogen-bond donors (Lipinski definition) is 2. The van der Waals surface area contributed by atoms with E-state index in [4.69, 9.17) is 9.26 Å². The topological polar surface area (TPSA) is 137 Å². The number of hydrogen-bond acceptors (Lipinski definition) is 7. The van der Waals surface area contributed by atoms with Gasteiger partial charge in [-0.05, 0) is 35.7 Å². The second kappa shape index (κ2) is 10.0. The number of carbonyl (C=O) groups excluding carboxylic acids is 1. The first-order valence-corrected chi connectivity index (χ1v) is 12.3. The lowest BCUT2D eigenvalue weighted by atomic mass is 9.94. The molecule has 4 aromatic rings. The van der Waals surface area contributed by atoms with E-state index in [1.165, 1.54) is 27.3 Å². The van der Waals surface area contributed by atoms with E-state index in [0.717, 1.165) is 0 Å². The molecule has 0 saturated carbocycles. The molecule has 1 amide bonds. The molecule has 194 valence electrons. The van der Waals surface area contributed by atoms with Crippen LogP contribution in [0.3, 0.4) is 0 Å². The zero-order valence-corrected chi connectivity index (χ0v) is 20.5. The summed E-state index contributed by atoms with van der Waals surface area (Å²) in [7, 11) is 0. The Bertz CT molecular complexity index is 1550. The summed E-state index contributed by atoms with van der Waals surface area (Å²) in [6, 6.07) is 7.40. The number of amides is 1. The van der Waals surface area contributed by atoms with E-state index in [2.05, 4.69) is 20.4 Å². The van der Waals surface area contributed by atoms with Crippen molar-refractivity contribution in [2.45, 2.75) is 52.3 Å². The second-order valence-electron chi connectivity index (χ2n) is 9.06. The predicted molar refractivity (Wildman–Crippen MR) is 132 cm³/mol. The molecule has 11 nitrogen and oxygen atoms in total. The Morgan fingerprint density at radius 1 is 1.14 bits per heavy atom. The Balaban J connectivity index is 1.50. The molecule has 1 aromatic carbocycles. The van der Waals surface area contributed by atoms with Crippen LogP contribution in [0, 0.1) is 11.7 Å². The number of ether oxygens (including phenoxy) is 1. The molecular weight excluding hydrogens is 483 g/mol. The normalized spacial score (nSPS) is 16.3. The fraction of sp³-hybridized carbons (Fsp3) is 0.400. The lowest BCUT2D eigenvalue weighted by Gasteiger charge is -2.22. The molecule has 12 heteroatoms. The third kappa shape index (κ3) is 4.66. The summed E-state index contributed by atoms with van der Waals surface area (Å²) < 4.78 is 27.8. The number of halogens is 1. The molecule has 0 bridgehead atoms. The minimum atomic E-state index is -0.579. The van der Waals surface area contributed by atoms with Crippen LogP contribution >= 0.6 is 0 Å². The fourth-order valence-electron chi connectivity index (χ4n) is 4.62. The van der Waals surface area contributed by atoms with Gasteiger partial charge < -0.3 is 19.6 Å². The third-order valence-electron chi connectivity index (χ3n) is 6.36. The maximum absolute atomic E-state index is 13.5. The van der Waals surface area contributed by atoms with E-state index in [0.29, 0.717) is 38.0 Å². The molecular formula is C25H27FN6O5. The van der Waals surface area contributed by atoms with Crippen molar-refractivity contribution in [1.82, 2.24) is 29.6 Å². The monoisotopic (exact) mass is 510 g/mol. The van der Waals surface area contributed by atoms with Gasteiger partial charge in [0.25, 0.3) is 11.4 Å². The molecule has 2 unspecified atom stereocenters. The minimum Gasteiger partial charge on any atom is -0.467 e. The Morgan fingerprint density at radius 2 is 1.86 bits per heavy atom. The number of nitrogens with one attached hydrogen (secondary N) is 2. The Morgan fingerprint density at radius 3 is 2.54 bits per heavy atom. The summed E-state index contributed by atoms with van der Waals surface area (Å²) in [6.45, 7) is 4.95. The number of carbonyl (C=O) groups is 1. The van der Waals surface area contributed by atoms with Crippen molar-refractivity contribution in [1.29, 1.82) is 0 Å². The first-order chi connectivity index (χ1) is 17.9. The fourth-order valence-corrected chi connectivity index (χ4v) is 4.62. The first kappa shape index (κ1) is 24.5. The van der Waals surface area contributed by atoms with Crippen LogP contribution in [0.4, 0.5) is 4.39 Å². The number of rotatable bonds is 9. The summed E-state index contributed by atoms with van der Waals surface area (Å²) in [5.41, 5.74) is 0.297. The SMILES string of the molecule is CCCn1c(=O)c2[nH]c(-c3cc(OC(c4ccc(F)cc4)C4CNC(=O)C4)no3)nc2n(CCC)c1=O. The van der Waals surface area contributed by atoms with Gasteiger partial charge in [-0.15, -0.1) is 0 Å². The van der Waals surface area contributed by atoms with Crippen molar-refractivity contribution in [2.24, 2.45) is 5.92 Å². The Labute approximate surface area is 210 Å². The lowest BCUT2D eigenvalue weighted by Crippen LogP contribution is -2.40. The zero-order valence-electron chi connectivity index (χ0n) is 20.5. The van der Waals surface area contributed by atoms with Crippen LogP contribution in [0.5, 0.6) is 5.88 Å². The molecule has 2 N–H and O–H groups in total. The van der Waals surface area contributed by atoms with Gasteiger partial charge in [0.2, 0.25) is 11.7 Å². The largest absolute Gasteiger partial charge is 0.467 e. The molecule has 1 aliphatic rings. The van der Waals surface area contributed by atoms with E-state index < -0.39 is 17.4 Å². The highest BCUT2D eigenvalue weighted by atomic mass is 19.1. The first-order valence-electron chi connectivity index (χ1n) is 12.3. The second-order valence-corrected chi connectivity index (χ2v) is 9.06. The molecule has 1 saturated heterocycles. The summed E-state index contributed by atoms with van der Waals surface area (Å²) in [5, 5.41) is 6.78. The lowest BCUT2D eigenvalue weighted by molar-refractivity contribution is -0.119. The van der Waals surface area contributed by atoms with Crippen LogP contribution in [-0.2, 0) is 17.9 Å². The standard InChI is InChI=1S/C25H27FN6O5/c1-3-9-31-23-20(24(34)32(10-4-2)25(31)35)28-22(29-23)17-12-19(30-37-17)36-21(15-11-18(33)27-13-15)14-5-7-16(26)8-6-14/h5-8,12,15,21H,3-4,9-11,13H2,1-2H3,(H,27,33)(H,28,29). The third-order valence-corrected chi connectivity index (χ3v) is 6.36. The van der Waals surface area contributed by atoms with Gasteiger partial charge in [0.05, 0.1) is 6.07 Å². The van der Waals surface area contributed by atoms with Crippen molar-refractivity contribution < 1.29 is 18.4 Å². The quantitative estimate of drug-likeness (QED) is 0.353. The molecule has 4 heterocycles. The van der Waals surface area contributed by atoms with Crippen LogP contribution < -0.4 is 21.3 Å². The molecule has 0 radical (unpaired) electrons.